The first-order valence-corrected chi connectivity index (χ1v) is 8.67. The lowest BCUT2D eigenvalue weighted by Crippen LogP contribution is -2.39. The molecule has 1 N–H and O–H groups in total. The molecule has 0 heterocycles. The first kappa shape index (κ1) is 18.9. The fraction of sp³-hybridized carbons (Fsp3) is 0.278. The number of amides is 1. The lowest BCUT2D eigenvalue weighted by atomic mass is 10.1. The van der Waals surface area contributed by atoms with Gasteiger partial charge in [-0.3, -0.25) is 9.69 Å². The van der Waals surface area contributed by atoms with E-state index in [0.717, 1.165) is 10.0 Å². The highest BCUT2D eigenvalue weighted by Crippen LogP contribution is 2.24. The van der Waals surface area contributed by atoms with E-state index in [0.29, 0.717) is 16.3 Å². The van der Waals surface area contributed by atoms with Crippen LogP contribution in [0.25, 0.3) is 0 Å². The van der Waals surface area contributed by atoms with Crippen molar-refractivity contribution in [3.8, 4) is 0 Å². The third kappa shape index (κ3) is 4.56. The van der Waals surface area contributed by atoms with Gasteiger partial charge in [0, 0.05) is 21.6 Å². The Hall–Kier alpha value is -1.43. The van der Waals surface area contributed by atoms with Gasteiger partial charge in [0.05, 0.1) is 11.7 Å². The highest BCUT2D eigenvalue weighted by Gasteiger charge is 2.21. The van der Waals surface area contributed by atoms with Crippen molar-refractivity contribution in [2.24, 2.45) is 0 Å². The van der Waals surface area contributed by atoms with E-state index in [4.69, 9.17) is 11.6 Å². The SMILES string of the molecule is Cc1ccc(NC(=O)C(C)N(C)Cc2c(F)cccc2Cl)c(Br)c1. The zero-order chi connectivity index (χ0) is 17.9. The smallest absolute Gasteiger partial charge is 0.241 e. The first-order valence-electron chi connectivity index (χ1n) is 7.49. The second-order valence-electron chi connectivity index (χ2n) is 5.76. The molecule has 0 bridgehead atoms. The van der Waals surface area contributed by atoms with Crippen LogP contribution in [0.1, 0.15) is 18.1 Å². The minimum absolute atomic E-state index is 0.172. The summed E-state index contributed by atoms with van der Waals surface area (Å²) in [5.41, 5.74) is 2.19. The van der Waals surface area contributed by atoms with E-state index in [2.05, 4.69) is 21.2 Å². The molecular weight excluding hydrogens is 395 g/mol. The minimum atomic E-state index is -0.450. The summed E-state index contributed by atoms with van der Waals surface area (Å²) in [6, 6.07) is 9.82. The molecule has 0 spiro atoms. The highest BCUT2D eigenvalue weighted by molar-refractivity contribution is 9.10. The van der Waals surface area contributed by atoms with Gasteiger partial charge in [-0.05, 0) is 66.7 Å². The van der Waals surface area contributed by atoms with Crippen LogP contribution >= 0.6 is 27.5 Å². The van der Waals surface area contributed by atoms with Gasteiger partial charge in [0.25, 0.3) is 0 Å². The predicted molar refractivity (Wildman–Crippen MR) is 99.8 cm³/mol. The molecule has 0 saturated heterocycles. The van der Waals surface area contributed by atoms with Crippen LogP contribution < -0.4 is 5.32 Å². The number of anilines is 1. The summed E-state index contributed by atoms with van der Waals surface area (Å²) in [6.07, 6.45) is 0. The van der Waals surface area contributed by atoms with E-state index < -0.39 is 6.04 Å². The molecule has 128 valence electrons. The summed E-state index contributed by atoms with van der Waals surface area (Å²) in [7, 11) is 1.76. The number of carbonyl (C=O) groups excluding carboxylic acids is 1. The van der Waals surface area contributed by atoms with Crippen molar-refractivity contribution >= 4 is 39.1 Å². The zero-order valence-electron chi connectivity index (χ0n) is 13.7. The first-order chi connectivity index (χ1) is 11.3. The van der Waals surface area contributed by atoms with E-state index in [1.165, 1.54) is 6.07 Å². The Balaban J connectivity index is 2.07. The highest BCUT2D eigenvalue weighted by atomic mass is 79.9. The van der Waals surface area contributed by atoms with Crippen molar-refractivity contribution < 1.29 is 9.18 Å². The van der Waals surface area contributed by atoms with E-state index in [1.54, 1.807) is 31.0 Å². The van der Waals surface area contributed by atoms with Gasteiger partial charge in [-0.25, -0.2) is 4.39 Å². The Bertz CT molecular complexity index is 734. The number of benzene rings is 2. The fourth-order valence-corrected chi connectivity index (χ4v) is 3.04. The summed E-state index contributed by atoms with van der Waals surface area (Å²) in [6.45, 7) is 3.99. The summed E-state index contributed by atoms with van der Waals surface area (Å²) >= 11 is 9.49. The fourth-order valence-electron chi connectivity index (χ4n) is 2.23. The molecule has 1 amide bonds. The Morgan fingerprint density at radius 3 is 2.71 bits per heavy atom. The molecule has 2 aromatic carbocycles. The van der Waals surface area contributed by atoms with Crippen molar-refractivity contribution in [2.45, 2.75) is 26.4 Å². The zero-order valence-corrected chi connectivity index (χ0v) is 16.1. The molecule has 2 rings (SSSR count). The van der Waals surface area contributed by atoms with Crippen molar-refractivity contribution in [1.29, 1.82) is 0 Å². The van der Waals surface area contributed by atoms with Crippen LogP contribution in [0.4, 0.5) is 10.1 Å². The minimum Gasteiger partial charge on any atom is -0.324 e. The Morgan fingerprint density at radius 1 is 1.38 bits per heavy atom. The molecule has 24 heavy (non-hydrogen) atoms. The van der Waals surface area contributed by atoms with Gasteiger partial charge in [-0.1, -0.05) is 23.7 Å². The number of hydrogen-bond acceptors (Lipinski definition) is 2. The summed E-state index contributed by atoms with van der Waals surface area (Å²) in [5.74, 6) is -0.544. The van der Waals surface area contributed by atoms with Gasteiger partial charge in [0.15, 0.2) is 0 Å². The third-order valence-corrected chi connectivity index (χ3v) is 4.90. The maximum absolute atomic E-state index is 13.9. The molecule has 0 aliphatic rings. The van der Waals surface area contributed by atoms with Crippen molar-refractivity contribution in [3.05, 3.63) is 62.8 Å². The normalized spacial score (nSPS) is 12.3. The molecule has 1 atom stereocenters. The Morgan fingerprint density at radius 2 is 2.08 bits per heavy atom. The number of carbonyl (C=O) groups is 1. The number of hydrogen-bond donors (Lipinski definition) is 1. The van der Waals surface area contributed by atoms with Crippen LogP contribution in [0, 0.1) is 12.7 Å². The van der Waals surface area contributed by atoms with Crippen LogP contribution in [-0.4, -0.2) is 23.9 Å². The predicted octanol–water partition coefficient (Wildman–Crippen LogP) is 5.01. The number of likely N-dealkylation sites (N-methyl/N-ethyl adjacent to an activating group) is 1. The molecule has 0 aromatic heterocycles. The average molecular weight is 414 g/mol. The van der Waals surface area contributed by atoms with Gasteiger partial charge in [0.2, 0.25) is 5.91 Å². The monoisotopic (exact) mass is 412 g/mol. The molecule has 0 aliphatic heterocycles. The topological polar surface area (TPSA) is 32.3 Å². The molecule has 0 saturated carbocycles. The molecular formula is C18H19BrClFN2O. The number of nitrogens with zero attached hydrogens (tertiary/aromatic N) is 1. The number of nitrogens with one attached hydrogen (secondary N) is 1. The van der Waals surface area contributed by atoms with Crippen LogP contribution in [0.5, 0.6) is 0 Å². The molecule has 0 fully saturated rings. The van der Waals surface area contributed by atoms with E-state index in [-0.39, 0.29) is 18.3 Å². The van der Waals surface area contributed by atoms with Crippen molar-refractivity contribution in [2.75, 3.05) is 12.4 Å². The second-order valence-corrected chi connectivity index (χ2v) is 7.03. The van der Waals surface area contributed by atoms with E-state index >= 15 is 0 Å². The van der Waals surface area contributed by atoms with Crippen molar-refractivity contribution in [3.63, 3.8) is 0 Å². The summed E-state index contributed by atoms with van der Waals surface area (Å²) in [4.78, 5) is 14.2. The lowest BCUT2D eigenvalue weighted by molar-refractivity contribution is -0.120. The Kier molecular flexibility index (Phi) is 6.38. The van der Waals surface area contributed by atoms with Gasteiger partial charge in [-0.15, -0.1) is 0 Å². The van der Waals surface area contributed by atoms with Crippen LogP contribution in [0.2, 0.25) is 5.02 Å². The average Bonchev–Trinajstić information content (AvgIpc) is 2.52. The summed E-state index contributed by atoms with van der Waals surface area (Å²) in [5, 5.41) is 3.24. The maximum Gasteiger partial charge on any atom is 0.241 e. The lowest BCUT2D eigenvalue weighted by Gasteiger charge is -2.24. The third-order valence-electron chi connectivity index (χ3n) is 3.89. The van der Waals surface area contributed by atoms with Gasteiger partial charge in [0.1, 0.15) is 5.82 Å². The Labute approximate surface area is 154 Å². The molecule has 0 radical (unpaired) electrons. The van der Waals surface area contributed by atoms with Crippen LogP contribution in [0.3, 0.4) is 0 Å². The van der Waals surface area contributed by atoms with Gasteiger partial charge < -0.3 is 5.32 Å². The quantitative estimate of drug-likeness (QED) is 0.747. The van der Waals surface area contributed by atoms with Crippen molar-refractivity contribution in [1.82, 2.24) is 4.90 Å². The van der Waals surface area contributed by atoms with Crippen LogP contribution in [-0.2, 0) is 11.3 Å². The van der Waals surface area contributed by atoms with Gasteiger partial charge >= 0.3 is 0 Å². The number of halogens is 3. The maximum atomic E-state index is 13.9. The standard InChI is InChI=1S/C18H19BrClFN2O/c1-11-7-8-17(14(19)9-11)22-18(24)12(2)23(3)10-13-15(20)5-4-6-16(13)21/h4-9,12H,10H2,1-3H3,(H,22,24). The molecule has 6 heteroatoms. The molecule has 3 nitrogen and oxygen atoms in total. The van der Waals surface area contributed by atoms with E-state index in [1.807, 2.05) is 25.1 Å². The van der Waals surface area contributed by atoms with Gasteiger partial charge in [-0.2, -0.15) is 0 Å². The molecule has 2 aromatic rings. The number of rotatable bonds is 5. The molecule has 1 unspecified atom stereocenters. The number of aryl methyl sites for hydroxylation is 1. The van der Waals surface area contributed by atoms with E-state index in [9.17, 15) is 9.18 Å². The molecule has 0 aliphatic carbocycles. The largest absolute Gasteiger partial charge is 0.324 e. The second kappa shape index (κ2) is 8.10. The summed E-state index contributed by atoms with van der Waals surface area (Å²) < 4.78 is 14.7. The van der Waals surface area contributed by atoms with Crippen LogP contribution in [0.15, 0.2) is 40.9 Å².